The zero-order valence-electron chi connectivity index (χ0n) is 11.5. The van der Waals surface area contributed by atoms with Crippen molar-refractivity contribution in [1.29, 1.82) is 0 Å². The van der Waals surface area contributed by atoms with Crippen molar-refractivity contribution in [3.05, 3.63) is 48.3 Å². The van der Waals surface area contributed by atoms with E-state index in [4.69, 9.17) is 14.6 Å². The molecule has 0 atom stereocenters. The number of carboxylic acids is 1. The molecule has 0 bridgehead atoms. The van der Waals surface area contributed by atoms with E-state index < -0.39 is 5.97 Å². The van der Waals surface area contributed by atoms with Crippen LogP contribution in [0.15, 0.2) is 42.5 Å². The monoisotopic (exact) mass is 290 g/mol. The van der Waals surface area contributed by atoms with E-state index in [2.05, 4.69) is 0 Å². The summed E-state index contributed by atoms with van der Waals surface area (Å²) in [4.78, 5) is 10.4. The molecule has 0 heterocycles. The number of ether oxygens (including phenoxy) is 2. The van der Waals surface area contributed by atoms with Gasteiger partial charge in [-0.25, -0.2) is 4.39 Å². The zero-order valence-corrected chi connectivity index (χ0v) is 11.5. The maximum absolute atomic E-state index is 13.9. The lowest BCUT2D eigenvalue weighted by molar-refractivity contribution is -0.137. The summed E-state index contributed by atoms with van der Waals surface area (Å²) >= 11 is 0. The lowest BCUT2D eigenvalue weighted by Gasteiger charge is -2.08. The van der Waals surface area contributed by atoms with Crippen molar-refractivity contribution in [2.75, 3.05) is 13.7 Å². The Balaban J connectivity index is 2.10. The zero-order chi connectivity index (χ0) is 15.2. The van der Waals surface area contributed by atoms with Crippen LogP contribution < -0.4 is 9.47 Å². The van der Waals surface area contributed by atoms with Crippen molar-refractivity contribution in [3.8, 4) is 22.6 Å². The first kappa shape index (κ1) is 14.8. The van der Waals surface area contributed by atoms with Crippen molar-refractivity contribution in [2.45, 2.75) is 6.42 Å². The highest BCUT2D eigenvalue weighted by Crippen LogP contribution is 2.27. The molecule has 0 fully saturated rings. The van der Waals surface area contributed by atoms with Gasteiger partial charge in [-0.3, -0.25) is 4.79 Å². The van der Waals surface area contributed by atoms with Gasteiger partial charge < -0.3 is 14.6 Å². The van der Waals surface area contributed by atoms with E-state index in [0.717, 1.165) is 0 Å². The van der Waals surface area contributed by atoms with Gasteiger partial charge in [0.05, 0.1) is 20.1 Å². The Hall–Kier alpha value is -2.56. The second-order valence-corrected chi connectivity index (χ2v) is 4.36. The molecule has 21 heavy (non-hydrogen) atoms. The highest BCUT2D eigenvalue weighted by Gasteiger charge is 2.07. The minimum atomic E-state index is -0.910. The van der Waals surface area contributed by atoms with Gasteiger partial charge in [0.2, 0.25) is 0 Å². The van der Waals surface area contributed by atoms with Crippen LogP contribution in [-0.2, 0) is 4.79 Å². The maximum atomic E-state index is 13.9. The molecule has 1 N–H and O–H groups in total. The molecular weight excluding hydrogens is 275 g/mol. The molecule has 0 aliphatic carbocycles. The number of hydrogen-bond donors (Lipinski definition) is 1. The van der Waals surface area contributed by atoms with E-state index in [1.165, 1.54) is 13.2 Å². The smallest absolute Gasteiger partial charge is 0.306 e. The first-order chi connectivity index (χ1) is 10.1. The van der Waals surface area contributed by atoms with Crippen molar-refractivity contribution in [1.82, 2.24) is 0 Å². The van der Waals surface area contributed by atoms with Crippen LogP contribution in [0, 0.1) is 5.82 Å². The number of methoxy groups -OCH3 is 1. The minimum Gasteiger partial charge on any atom is -0.497 e. The van der Waals surface area contributed by atoms with Gasteiger partial charge in [0, 0.05) is 11.6 Å². The molecule has 4 nitrogen and oxygen atoms in total. The standard InChI is InChI=1S/C16H15FO4/c1-20-13-6-7-14(15(17)10-13)11-2-4-12(5-3-11)21-9-8-16(18)19/h2-7,10H,8-9H2,1H3,(H,18,19). The lowest BCUT2D eigenvalue weighted by Crippen LogP contribution is -2.04. The summed E-state index contributed by atoms with van der Waals surface area (Å²) in [5.74, 6) is -0.264. The van der Waals surface area contributed by atoms with Crippen LogP contribution in [0.5, 0.6) is 11.5 Å². The van der Waals surface area contributed by atoms with Gasteiger partial charge in [-0.15, -0.1) is 0 Å². The Morgan fingerprint density at radius 1 is 1.14 bits per heavy atom. The Bertz CT molecular complexity index is 623. The number of carboxylic acid groups (broad SMARTS) is 1. The second-order valence-electron chi connectivity index (χ2n) is 4.36. The lowest BCUT2D eigenvalue weighted by atomic mass is 10.0. The van der Waals surface area contributed by atoms with Crippen molar-refractivity contribution >= 4 is 5.97 Å². The van der Waals surface area contributed by atoms with Gasteiger partial charge >= 0.3 is 5.97 Å². The van der Waals surface area contributed by atoms with Crippen LogP contribution in [0.4, 0.5) is 4.39 Å². The van der Waals surface area contributed by atoms with E-state index in [0.29, 0.717) is 22.6 Å². The fraction of sp³-hybridized carbons (Fsp3) is 0.188. The summed E-state index contributed by atoms with van der Waals surface area (Å²) in [7, 11) is 1.48. The fourth-order valence-electron chi connectivity index (χ4n) is 1.84. The van der Waals surface area contributed by atoms with E-state index in [-0.39, 0.29) is 18.8 Å². The minimum absolute atomic E-state index is 0.0607. The molecule has 2 rings (SSSR count). The Labute approximate surface area is 121 Å². The van der Waals surface area contributed by atoms with Crippen LogP contribution in [0.1, 0.15) is 6.42 Å². The van der Waals surface area contributed by atoms with Gasteiger partial charge in [-0.2, -0.15) is 0 Å². The normalized spacial score (nSPS) is 10.2. The molecule has 0 amide bonds. The molecule has 0 aliphatic rings. The summed E-state index contributed by atoms with van der Waals surface area (Å²) in [6.45, 7) is 0.103. The molecule has 110 valence electrons. The predicted octanol–water partition coefficient (Wildman–Crippen LogP) is 3.35. The van der Waals surface area contributed by atoms with E-state index >= 15 is 0 Å². The van der Waals surface area contributed by atoms with Gasteiger partial charge in [0.1, 0.15) is 17.3 Å². The van der Waals surface area contributed by atoms with Crippen LogP contribution in [0.3, 0.4) is 0 Å². The number of aliphatic carboxylic acids is 1. The summed E-state index contributed by atoms with van der Waals surface area (Å²) in [5, 5.41) is 8.53. The second kappa shape index (κ2) is 6.74. The highest BCUT2D eigenvalue weighted by atomic mass is 19.1. The predicted molar refractivity (Wildman–Crippen MR) is 76.1 cm³/mol. The summed E-state index contributed by atoms with van der Waals surface area (Å²) in [5.41, 5.74) is 1.17. The van der Waals surface area contributed by atoms with Crippen molar-refractivity contribution < 1.29 is 23.8 Å². The molecule has 0 radical (unpaired) electrons. The third-order valence-corrected chi connectivity index (χ3v) is 2.93. The molecular formula is C16H15FO4. The number of halogens is 1. The van der Waals surface area contributed by atoms with E-state index in [9.17, 15) is 9.18 Å². The average Bonchev–Trinajstić information content (AvgIpc) is 2.47. The Kier molecular flexibility index (Phi) is 4.77. The summed E-state index contributed by atoms with van der Waals surface area (Å²) < 4.78 is 24.2. The number of benzene rings is 2. The molecule has 0 spiro atoms. The van der Waals surface area contributed by atoms with Gasteiger partial charge in [-0.1, -0.05) is 12.1 Å². The molecule has 0 unspecified atom stereocenters. The van der Waals surface area contributed by atoms with Crippen LogP contribution in [0.25, 0.3) is 11.1 Å². The van der Waals surface area contributed by atoms with Gasteiger partial charge in [-0.05, 0) is 29.8 Å². The van der Waals surface area contributed by atoms with Crippen molar-refractivity contribution in [3.63, 3.8) is 0 Å². The third kappa shape index (κ3) is 3.95. The number of hydrogen-bond acceptors (Lipinski definition) is 3. The van der Waals surface area contributed by atoms with E-state index in [1.807, 2.05) is 0 Å². The van der Waals surface area contributed by atoms with Crippen molar-refractivity contribution in [2.24, 2.45) is 0 Å². The number of carbonyl (C=O) groups is 1. The Morgan fingerprint density at radius 2 is 1.81 bits per heavy atom. The van der Waals surface area contributed by atoms with Gasteiger partial charge in [0.25, 0.3) is 0 Å². The summed E-state index contributed by atoms with van der Waals surface area (Å²) in [6, 6.07) is 11.5. The number of rotatable bonds is 6. The van der Waals surface area contributed by atoms with Crippen LogP contribution in [0.2, 0.25) is 0 Å². The van der Waals surface area contributed by atoms with Crippen LogP contribution >= 0.6 is 0 Å². The molecule has 0 saturated carbocycles. The third-order valence-electron chi connectivity index (χ3n) is 2.93. The quantitative estimate of drug-likeness (QED) is 0.886. The molecule has 0 saturated heterocycles. The molecule has 2 aromatic carbocycles. The first-order valence-corrected chi connectivity index (χ1v) is 6.38. The average molecular weight is 290 g/mol. The highest BCUT2D eigenvalue weighted by molar-refractivity contribution is 5.67. The molecule has 2 aromatic rings. The van der Waals surface area contributed by atoms with Gasteiger partial charge in [0.15, 0.2) is 0 Å². The maximum Gasteiger partial charge on any atom is 0.306 e. The van der Waals surface area contributed by atoms with Crippen LogP contribution in [-0.4, -0.2) is 24.8 Å². The van der Waals surface area contributed by atoms with E-state index in [1.54, 1.807) is 36.4 Å². The fourth-order valence-corrected chi connectivity index (χ4v) is 1.84. The molecule has 0 aromatic heterocycles. The molecule has 0 aliphatic heterocycles. The Morgan fingerprint density at radius 3 is 2.38 bits per heavy atom. The molecule has 5 heteroatoms. The topological polar surface area (TPSA) is 55.8 Å². The first-order valence-electron chi connectivity index (χ1n) is 6.38. The summed E-state index contributed by atoms with van der Waals surface area (Å²) in [6.07, 6.45) is -0.0607. The largest absolute Gasteiger partial charge is 0.497 e. The SMILES string of the molecule is COc1ccc(-c2ccc(OCCC(=O)O)cc2)c(F)c1.